The Hall–Kier alpha value is -0.0400. The molecule has 0 aromatic heterocycles. The molecule has 0 radical (unpaired) electrons. The highest BCUT2D eigenvalue weighted by molar-refractivity contribution is 4.91. The van der Waals surface area contributed by atoms with Crippen molar-refractivity contribution in [3.8, 4) is 0 Å². The molecule has 0 amide bonds. The van der Waals surface area contributed by atoms with Gasteiger partial charge in [-0.15, -0.1) is 0 Å². The molecular weight excluding hydrogens is 280 g/mol. The first-order valence-corrected chi connectivity index (χ1v) is 10.6. The van der Waals surface area contributed by atoms with Crippen LogP contribution in [0.4, 0.5) is 0 Å². The van der Waals surface area contributed by atoms with Crippen molar-refractivity contribution in [2.24, 2.45) is 17.8 Å². The van der Waals surface area contributed by atoms with E-state index in [1.807, 2.05) is 0 Å². The van der Waals surface area contributed by atoms with Gasteiger partial charge in [-0.25, -0.2) is 0 Å². The van der Waals surface area contributed by atoms with E-state index in [1.54, 1.807) is 0 Å². The van der Waals surface area contributed by atoms with Gasteiger partial charge in [0.1, 0.15) is 0 Å². The molecule has 140 valence electrons. The van der Waals surface area contributed by atoms with Gasteiger partial charge in [0.15, 0.2) is 0 Å². The van der Waals surface area contributed by atoms with Gasteiger partial charge in [0, 0.05) is 0 Å². The maximum Gasteiger partial charge on any atom is 0.0721 e. The van der Waals surface area contributed by atoms with Gasteiger partial charge in [-0.1, -0.05) is 106 Å². The SMILES string of the molecule is CCCCCCCCC(CCCCCC)C(O)(C(C)C)C(C)C. The van der Waals surface area contributed by atoms with Gasteiger partial charge in [0.2, 0.25) is 0 Å². The topological polar surface area (TPSA) is 20.2 Å². The number of aliphatic hydroxyl groups is 1. The van der Waals surface area contributed by atoms with Gasteiger partial charge in [0.25, 0.3) is 0 Å². The van der Waals surface area contributed by atoms with Gasteiger partial charge < -0.3 is 5.11 Å². The van der Waals surface area contributed by atoms with Gasteiger partial charge >= 0.3 is 0 Å². The van der Waals surface area contributed by atoms with E-state index in [-0.39, 0.29) is 0 Å². The fourth-order valence-electron chi connectivity index (χ4n) is 4.20. The summed E-state index contributed by atoms with van der Waals surface area (Å²) in [6, 6.07) is 0. The predicted octanol–water partition coefficient (Wildman–Crippen LogP) is 7.37. The van der Waals surface area contributed by atoms with Crippen molar-refractivity contribution in [2.45, 2.75) is 124 Å². The van der Waals surface area contributed by atoms with E-state index in [0.717, 1.165) is 0 Å². The van der Waals surface area contributed by atoms with Crippen LogP contribution in [0.5, 0.6) is 0 Å². The Morgan fingerprint density at radius 3 is 1.35 bits per heavy atom. The Morgan fingerprint density at radius 2 is 0.957 bits per heavy atom. The molecule has 23 heavy (non-hydrogen) atoms. The third kappa shape index (κ3) is 8.57. The highest BCUT2D eigenvalue weighted by Gasteiger charge is 2.41. The summed E-state index contributed by atoms with van der Waals surface area (Å²) in [5, 5.41) is 11.4. The van der Waals surface area contributed by atoms with Crippen LogP contribution in [-0.4, -0.2) is 10.7 Å². The number of unbranched alkanes of at least 4 members (excludes halogenated alkanes) is 8. The Morgan fingerprint density at radius 1 is 0.609 bits per heavy atom. The Kier molecular flexibility index (Phi) is 13.3. The molecule has 1 N–H and O–H groups in total. The minimum atomic E-state index is -0.490. The smallest absolute Gasteiger partial charge is 0.0721 e. The normalized spacial score (nSPS) is 14.0. The molecule has 0 aliphatic rings. The van der Waals surface area contributed by atoms with Gasteiger partial charge in [-0.2, -0.15) is 0 Å². The second kappa shape index (κ2) is 13.3. The first-order chi connectivity index (χ1) is 10.9. The molecule has 1 heteroatoms. The molecular formula is C22H46O. The molecule has 0 saturated heterocycles. The van der Waals surface area contributed by atoms with Crippen molar-refractivity contribution in [1.82, 2.24) is 0 Å². The molecule has 0 aromatic carbocycles. The zero-order chi connectivity index (χ0) is 17.7. The lowest BCUT2D eigenvalue weighted by molar-refractivity contribution is -0.102. The first kappa shape index (κ1) is 23.0. The third-order valence-corrected chi connectivity index (χ3v) is 5.82. The molecule has 0 saturated carbocycles. The molecule has 0 fully saturated rings. The van der Waals surface area contributed by atoms with Crippen LogP contribution in [0.2, 0.25) is 0 Å². The average molecular weight is 327 g/mol. The molecule has 0 aromatic rings. The van der Waals surface area contributed by atoms with Crippen LogP contribution >= 0.6 is 0 Å². The predicted molar refractivity (Wildman–Crippen MR) is 105 cm³/mol. The third-order valence-electron chi connectivity index (χ3n) is 5.82. The van der Waals surface area contributed by atoms with Crippen LogP contribution < -0.4 is 0 Å². The lowest BCUT2D eigenvalue weighted by atomic mass is 9.68. The van der Waals surface area contributed by atoms with Crippen LogP contribution in [0.3, 0.4) is 0 Å². The van der Waals surface area contributed by atoms with Crippen molar-refractivity contribution in [1.29, 1.82) is 0 Å². The maximum absolute atomic E-state index is 11.4. The Balaban J connectivity index is 4.54. The molecule has 0 heterocycles. The Bertz CT molecular complexity index is 249. The van der Waals surface area contributed by atoms with Crippen molar-refractivity contribution in [3.05, 3.63) is 0 Å². The second-order valence-corrected chi connectivity index (χ2v) is 8.30. The molecule has 0 aliphatic carbocycles. The van der Waals surface area contributed by atoms with E-state index in [4.69, 9.17) is 0 Å². The summed E-state index contributed by atoms with van der Waals surface area (Å²) in [6.07, 6.45) is 15.8. The van der Waals surface area contributed by atoms with Crippen molar-refractivity contribution in [3.63, 3.8) is 0 Å². The number of hydrogen-bond donors (Lipinski definition) is 1. The van der Waals surface area contributed by atoms with Gasteiger partial charge in [0.05, 0.1) is 5.60 Å². The number of rotatable bonds is 15. The van der Waals surface area contributed by atoms with Gasteiger partial charge in [-0.05, 0) is 30.6 Å². The molecule has 0 spiro atoms. The summed E-state index contributed by atoms with van der Waals surface area (Å²) in [4.78, 5) is 0. The summed E-state index contributed by atoms with van der Waals surface area (Å²) in [5.41, 5.74) is -0.490. The summed E-state index contributed by atoms with van der Waals surface area (Å²) in [6.45, 7) is 13.4. The standard InChI is InChI=1S/C22H46O/c1-7-9-11-13-14-16-18-21(17-15-12-10-8-2)22(23,19(3)4)20(5)6/h19-21,23H,7-18H2,1-6H3. The average Bonchev–Trinajstić information content (AvgIpc) is 2.51. The highest BCUT2D eigenvalue weighted by Crippen LogP contribution is 2.39. The number of hydrogen-bond acceptors (Lipinski definition) is 1. The summed E-state index contributed by atoms with van der Waals surface area (Å²) < 4.78 is 0. The molecule has 1 nitrogen and oxygen atoms in total. The molecule has 0 aliphatic heterocycles. The van der Waals surface area contributed by atoms with Crippen molar-refractivity contribution >= 4 is 0 Å². The first-order valence-electron chi connectivity index (χ1n) is 10.6. The van der Waals surface area contributed by atoms with Crippen LogP contribution in [0.15, 0.2) is 0 Å². The lowest BCUT2D eigenvalue weighted by Crippen LogP contribution is -2.47. The van der Waals surface area contributed by atoms with Crippen molar-refractivity contribution in [2.75, 3.05) is 0 Å². The van der Waals surface area contributed by atoms with E-state index in [9.17, 15) is 5.11 Å². The van der Waals surface area contributed by atoms with E-state index in [0.29, 0.717) is 17.8 Å². The zero-order valence-electron chi connectivity index (χ0n) is 17.2. The highest BCUT2D eigenvalue weighted by atomic mass is 16.3. The summed E-state index contributed by atoms with van der Waals surface area (Å²) >= 11 is 0. The van der Waals surface area contributed by atoms with E-state index in [1.165, 1.54) is 77.0 Å². The zero-order valence-corrected chi connectivity index (χ0v) is 17.2. The molecule has 0 bridgehead atoms. The molecule has 0 rings (SSSR count). The fraction of sp³-hybridized carbons (Fsp3) is 1.00. The maximum atomic E-state index is 11.4. The van der Waals surface area contributed by atoms with Crippen LogP contribution in [0.1, 0.15) is 119 Å². The van der Waals surface area contributed by atoms with Crippen LogP contribution in [0, 0.1) is 17.8 Å². The minimum Gasteiger partial charge on any atom is -0.389 e. The monoisotopic (exact) mass is 326 g/mol. The fourth-order valence-corrected chi connectivity index (χ4v) is 4.20. The Labute approximate surface area is 147 Å². The van der Waals surface area contributed by atoms with E-state index < -0.39 is 5.60 Å². The van der Waals surface area contributed by atoms with Gasteiger partial charge in [-0.3, -0.25) is 0 Å². The van der Waals surface area contributed by atoms with E-state index >= 15 is 0 Å². The summed E-state index contributed by atoms with van der Waals surface area (Å²) in [7, 11) is 0. The molecule has 1 unspecified atom stereocenters. The van der Waals surface area contributed by atoms with E-state index in [2.05, 4.69) is 41.5 Å². The van der Waals surface area contributed by atoms with Crippen molar-refractivity contribution < 1.29 is 5.11 Å². The largest absolute Gasteiger partial charge is 0.389 e. The second-order valence-electron chi connectivity index (χ2n) is 8.30. The lowest BCUT2D eigenvalue weighted by Gasteiger charge is -2.43. The van der Waals surface area contributed by atoms with Crippen LogP contribution in [-0.2, 0) is 0 Å². The quantitative estimate of drug-likeness (QED) is 0.311. The summed E-state index contributed by atoms with van der Waals surface area (Å²) in [5.74, 6) is 1.17. The van der Waals surface area contributed by atoms with Crippen LogP contribution in [0.25, 0.3) is 0 Å². The molecule has 1 atom stereocenters. The minimum absolute atomic E-state index is 0.346.